The van der Waals surface area contributed by atoms with Crippen LogP contribution >= 0.6 is 11.6 Å². The van der Waals surface area contributed by atoms with Crippen molar-refractivity contribution in [3.8, 4) is 5.75 Å². The van der Waals surface area contributed by atoms with Gasteiger partial charge in [-0.25, -0.2) is 4.98 Å². The van der Waals surface area contributed by atoms with Crippen LogP contribution in [0.5, 0.6) is 5.75 Å². The molecule has 5 heteroatoms. The van der Waals surface area contributed by atoms with Gasteiger partial charge in [0.05, 0.1) is 29.2 Å². The third kappa shape index (κ3) is 2.31. The molecule has 0 aliphatic heterocycles. The van der Waals surface area contributed by atoms with Crippen LogP contribution in [0.3, 0.4) is 0 Å². The minimum Gasteiger partial charge on any atom is -0.492 e. The Balaban J connectivity index is 2.53. The number of hydrogen-bond donors (Lipinski definition) is 1. The summed E-state index contributed by atoms with van der Waals surface area (Å²) in [7, 11) is 0. The quantitative estimate of drug-likeness (QED) is 0.906. The van der Waals surface area contributed by atoms with Crippen molar-refractivity contribution in [2.45, 2.75) is 33.4 Å². The first-order valence-electron chi connectivity index (χ1n) is 6.22. The highest BCUT2D eigenvalue weighted by molar-refractivity contribution is 6.32. The molecule has 0 radical (unpaired) electrons. The molecule has 0 atom stereocenters. The first-order valence-corrected chi connectivity index (χ1v) is 6.60. The molecular weight excluding hydrogens is 250 g/mol. The maximum Gasteiger partial charge on any atom is 0.140 e. The summed E-state index contributed by atoms with van der Waals surface area (Å²) >= 11 is 6.18. The molecule has 0 aliphatic carbocycles. The molecule has 0 saturated heterocycles. The van der Waals surface area contributed by atoms with E-state index in [9.17, 15) is 0 Å². The molecule has 0 aliphatic rings. The van der Waals surface area contributed by atoms with Crippen LogP contribution in [0, 0.1) is 0 Å². The summed E-state index contributed by atoms with van der Waals surface area (Å²) in [6.45, 7) is 6.05. The second-order valence-electron chi connectivity index (χ2n) is 4.10. The Hall–Kier alpha value is -1.26. The first kappa shape index (κ1) is 13.2. The SMILES string of the molecule is CCCOc1cc2c(cc1Cl)nc(CN)n2CC. The van der Waals surface area contributed by atoms with Crippen molar-refractivity contribution < 1.29 is 4.74 Å². The zero-order valence-electron chi connectivity index (χ0n) is 10.7. The van der Waals surface area contributed by atoms with Gasteiger partial charge in [0, 0.05) is 12.6 Å². The molecule has 0 unspecified atom stereocenters. The Morgan fingerprint density at radius 3 is 2.78 bits per heavy atom. The summed E-state index contributed by atoms with van der Waals surface area (Å²) in [4.78, 5) is 4.48. The van der Waals surface area contributed by atoms with E-state index in [1.807, 2.05) is 12.1 Å². The number of rotatable bonds is 5. The molecule has 18 heavy (non-hydrogen) atoms. The van der Waals surface area contributed by atoms with E-state index < -0.39 is 0 Å². The highest BCUT2D eigenvalue weighted by Crippen LogP contribution is 2.30. The monoisotopic (exact) mass is 267 g/mol. The Morgan fingerprint density at radius 2 is 2.17 bits per heavy atom. The topological polar surface area (TPSA) is 53.1 Å². The number of nitrogens with zero attached hydrogens (tertiary/aromatic N) is 2. The fourth-order valence-electron chi connectivity index (χ4n) is 2.01. The fourth-order valence-corrected chi connectivity index (χ4v) is 2.22. The highest BCUT2D eigenvalue weighted by Gasteiger charge is 2.12. The molecule has 0 saturated carbocycles. The smallest absolute Gasteiger partial charge is 0.140 e. The van der Waals surface area contributed by atoms with Crippen molar-refractivity contribution in [1.82, 2.24) is 9.55 Å². The number of nitrogens with two attached hydrogens (primary N) is 1. The van der Waals surface area contributed by atoms with Gasteiger partial charge in [-0.15, -0.1) is 0 Å². The Kier molecular flexibility index (Phi) is 4.09. The molecular formula is C13H18ClN3O. The zero-order chi connectivity index (χ0) is 13.1. The largest absolute Gasteiger partial charge is 0.492 e. The summed E-state index contributed by atoms with van der Waals surface area (Å²) in [5.74, 6) is 1.58. The maximum absolute atomic E-state index is 6.18. The summed E-state index contributed by atoms with van der Waals surface area (Å²) in [6.07, 6.45) is 0.954. The lowest BCUT2D eigenvalue weighted by Crippen LogP contribution is -2.07. The fraction of sp³-hybridized carbons (Fsp3) is 0.462. The van der Waals surface area contributed by atoms with Crippen LogP contribution in [0.15, 0.2) is 12.1 Å². The third-order valence-electron chi connectivity index (χ3n) is 2.84. The van der Waals surface area contributed by atoms with Gasteiger partial charge in [0.1, 0.15) is 11.6 Å². The molecule has 1 heterocycles. The van der Waals surface area contributed by atoms with Crippen molar-refractivity contribution in [2.24, 2.45) is 5.73 Å². The predicted octanol–water partition coefficient (Wildman–Crippen LogP) is 2.96. The van der Waals surface area contributed by atoms with E-state index in [2.05, 4.69) is 23.4 Å². The van der Waals surface area contributed by atoms with Crippen LogP contribution in [0.25, 0.3) is 11.0 Å². The number of benzene rings is 1. The highest BCUT2D eigenvalue weighted by atomic mass is 35.5. The lowest BCUT2D eigenvalue weighted by Gasteiger charge is -2.08. The molecule has 1 aromatic carbocycles. The number of aromatic nitrogens is 2. The lowest BCUT2D eigenvalue weighted by molar-refractivity contribution is 0.318. The molecule has 2 aromatic rings. The van der Waals surface area contributed by atoms with Crippen LogP contribution in [-0.4, -0.2) is 16.2 Å². The van der Waals surface area contributed by atoms with Gasteiger partial charge < -0.3 is 15.0 Å². The van der Waals surface area contributed by atoms with E-state index in [1.165, 1.54) is 0 Å². The summed E-state index contributed by atoms with van der Waals surface area (Å²) in [5.41, 5.74) is 7.59. The maximum atomic E-state index is 6.18. The number of ether oxygens (including phenoxy) is 1. The van der Waals surface area contributed by atoms with Crippen LogP contribution in [0.2, 0.25) is 5.02 Å². The average molecular weight is 268 g/mol. The van der Waals surface area contributed by atoms with Gasteiger partial charge in [0.15, 0.2) is 0 Å². The van der Waals surface area contributed by atoms with Crippen LogP contribution in [0.4, 0.5) is 0 Å². The summed E-state index contributed by atoms with van der Waals surface area (Å²) in [5, 5.41) is 0.597. The van der Waals surface area contributed by atoms with Gasteiger partial charge in [0.2, 0.25) is 0 Å². The van der Waals surface area contributed by atoms with E-state index >= 15 is 0 Å². The number of fused-ring (bicyclic) bond motifs is 1. The molecule has 0 spiro atoms. The second kappa shape index (κ2) is 5.59. The minimum atomic E-state index is 0.422. The van der Waals surface area contributed by atoms with E-state index in [4.69, 9.17) is 22.1 Å². The van der Waals surface area contributed by atoms with Crippen molar-refractivity contribution in [3.63, 3.8) is 0 Å². The van der Waals surface area contributed by atoms with E-state index in [-0.39, 0.29) is 0 Å². The van der Waals surface area contributed by atoms with Gasteiger partial charge in [-0.05, 0) is 19.4 Å². The average Bonchev–Trinajstić information content (AvgIpc) is 2.72. The predicted molar refractivity (Wildman–Crippen MR) is 74.1 cm³/mol. The zero-order valence-corrected chi connectivity index (χ0v) is 11.5. The molecule has 0 fully saturated rings. The third-order valence-corrected chi connectivity index (χ3v) is 3.14. The first-order chi connectivity index (χ1) is 8.71. The second-order valence-corrected chi connectivity index (χ2v) is 4.50. The summed E-state index contributed by atoms with van der Waals surface area (Å²) in [6, 6.07) is 3.79. The Labute approximate surface area is 112 Å². The summed E-state index contributed by atoms with van der Waals surface area (Å²) < 4.78 is 7.72. The van der Waals surface area contributed by atoms with Crippen molar-refractivity contribution in [1.29, 1.82) is 0 Å². The van der Waals surface area contributed by atoms with Gasteiger partial charge in [-0.2, -0.15) is 0 Å². The Bertz CT molecular complexity index is 551. The van der Waals surface area contributed by atoms with E-state index in [1.54, 1.807) is 0 Å². The van der Waals surface area contributed by atoms with Crippen LogP contribution in [0.1, 0.15) is 26.1 Å². The van der Waals surface area contributed by atoms with Crippen molar-refractivity contribution in [2.75, 3.05) is 6.61 Å². The van der Waals surface area contributed by atoms with Gasteiger partial charge in [0.25, 0.3) is 0 Å². The van der Waals surface area contributed by atoms with Crippen LogP contribution < -0.4 is 10.5 Å². The van der Waals surface area contributed by atoms with Crippen molar-refractivity contribution in [3.05, 3.63) is 23.0 Å². The number of hydrogen-bond acceptors (Lipinski definition) is 3. The van der Waals surface area contributed by atoms with Gasteiger partial charge in [-0.1, -0.05) is 18.5 Å². The molecule has 98 valence electrons. The van der Waals surface area contributed by atoms with Gasteiger partial charge in [-0.3, -0.25) is 0 Å². The minimum absolute atomic E-state index is 0.422. The molecule has 0 bridgehead atoms. The molecule has 2 N–H and O–H groups in total. The van der Waals surface area contributed by atoms with Crippen molar-refractivity contribution >= 4 is 22.6 Å². The van der Waals surface area contributed by atoms with E-state index in [0.29, 0.717) is 23.9 Å². The van der Waals surface area contributed by atoms with Gasteiger partial charge >= 0.3 is 0 Å². The lowest BCUT2D eigenvalue weighted by atomic mass is 10.3. The molecule has 0 amide bonds. The number of halogens is 1. The standard InChI is InChI=1S/C13H18ClN3O/c1-3-5-18-12-7-11-10(6-9(12)14)16-13(8-15)17(11)4-2/h6-7H,3-5,8,15H2,1-2H3. The Morgan fingerprint density at radius 1 is 1.39 bits per heavy atom. The molecule has 2 rings (SSSR count). The number of imidazole rings is 1. The molecule has 1 aromatic heterocycles. The van der Waals surface area contributed by atoms with Crippen LogP contribution in [-0.2, 0) is 13.1 Å². The number of aryl methyl sites for hydroxylation is 1. The van der Waals surface area contributed by atoms with E-state index in [0.717, 1.165) is 29.8 Å². The molecule has 4 nitrogen and oxygen atoms in total. The normalized spacial score (nSPS) is 11.1.